The third kappa shape index (κ3) is 6.02. The molecule has 13 heteroatoms. The van der Waals surface area contributed by atoms with Gasteiger partial charge in [-0.15, -0.1) is 0 Å². The largest absolute Gasteiger partial charge is 0.367 e. The van der Waals surface area contributed by atoms with E-state index in [1.165, 1.54) is 12.3 Å². The van der Waals surface area contributed by atoms with E-state index in [1.54, 1.807) is 29.4 Å². The summed E-state index contributed by atoms with van der Waals surface area (Å²) in [6.07, 6.45) is -1.04. The van der Waals surface area contributed by atoms with Crippen LogP contribution < -0.4 is 25.7 Å². The van der Waals surface area contributed by atoms with Crippen molar-refractivity contribution in [3.05, 3.63) is 65.2 Å². The van der Waals surface area contributed by atoms with Crippen molar-refractivity contribution in [2.75, 3.05) is 41.3 Å². The number of carbonyl (C=O) groups excluding carboxylic acids is 1. The summed E-state index contributed by atoms with van der Waals surface area (Å²) in [7, 11) is -0.859. The number of fused-ring (bicyclic) bond motifs is 1. The molecule has 8 nitrogen and oxygen atoms in total. The summed E-state index contributed by atoms with van der Waals surface area (Å²) in [6, 6.07) is 6.54. The van der Waals surface area contributed by atoms with Crippen molar-refractivity contribution in [2.45, 2.75) is 32.1 Å². The zero-order valence-corrected chi connectivity index (χ0v) is 21.3. The van der Waals surface area contributed by atoms with Crippen LogP contribution >= 0.6 is 8.58 Å². The first-order valence-electron chi connectivity index (χ1n) is 12.1. The van der Waals surface area contributed by atoms with Gasteiger partial charge in [0.25, 0.3) is 12.1 Å². The first kappa shape index (κ1) is 26.2. The molecular formula is C25H26F4N7OP. The summed E-state index contributed by atoms with van der Waals surface area (Å²) in [6.45, 7) is 3.95. The van der Waals surface area contributed by atoms with Gasteiger partial charge >= 0.3 is 0 Å². The number of piperazine rings is 1. The summed E-state index contributed by atoms with van der Waals surface area (Å²) >= 11 is 0. The lowest BCUT2D eigenvalue weighted by Gasteiger charge is -2.30. The molecule has 1 fully saturated rings. The molecule has 0 saturated carbocycles. The fourth-order valence-corrected chi connectivity index (χ4v) is 5.56. The molecule has 38 heavy (non-hydrogen) atoms. The van der Waals surface area contributed by atoms with Crippen LogP contribution in [0.25, 0.3) is 0 Å². The lowest BCUT2D eigenvalue weighted by molar-refractivity contribution is 0.102. The average Bonchev–Trinajstić information content (AvgIpc) is 3.32. The van der Waals surface area contributed by atoms with Gasteiger partial charge in [-0.1, -0.05) is 6.07 Å². The molecule has 1 saturated heterocycles. The van der Waals surface area contributed by atoms with E-state index in [0.29, 0.717) is 18.8 Å². The number of anilines is 3. The number of alkyl halides is 4. The molecule has 2 aliphatic heterocycles. The van der Waals surface area contributed by atoms with Crippen LogP contribution in [-0.4, -0.2) is 59.6 Å². The summed E-state index contributed by atoms with van der Waals surface area (Å²) < 4.78 is 52.3. The molecule has 200 valence electrons. The predicted molar refractivity (Wildman–Crippen MR) is 139 cm³/mol. The number of amides is 1. The summed E-state index contributed by atoms with van der Waals surface area (Å²) in [5, 5.41) is 6.45. The van der Waals surface area contributed by atoms with Crippen molar-refractivity contribution in [1.29, 1.82) is 0 Å². The summed E-state index contributed by atoms with van der Waals surface area (Å²) in [5.41, 5.74) is 3.37. The van der Waals surface area contributed by atoms with Crippen LogP contribution in [-0.2, 0) is 19.5 Å². The van der Waals surface area contributed by atoms with E-state index in [2.05, 4.69) is 30.5 Å². The van der Waals surface area contributed by atoms with Gasteiger partial charge in [-0.3, -0.25) is 9.78 Å². The zero-order valence-electron chi connectivity index (χ0n) is 20.3. The van der Waals surface area contributed by atoms with Crippen molar-refractivity contribution in [2.24, 2.45) is 0 Å². The van der Waals surface area contributed by atoms with Crippen molar-refractivity contribution in [3.63, 3.8) is 0 Å². The van der Waals surface area contributed by atoms with E-state index >= 15 is 0 Å². The van der Waals surface area contributed by atoms with Gasteiger partial charge < -0.3 is 20.4 Å². The molecule has 4 heterocycles. The Hall–Kier alpha value is -3.37. The molecule has 0 bridgehead atoms. The Balaban J connectivity index is 1.33. The maximum absolute atomic E-state index is 13.1. The SMILES string of the molecule is O=C(Nc1cnccc1N1CCNCC1)c1ccnc(N2Cc3cc(CC(F)F)c(PC(F)F)cc3C2)n1. The highest BCUT2D eigenvalue weighted by molar-refractivity contribution is 7.47. The fourth-order valence-electron chi connectivity index (χ4n) is 4.71. The monoisotopic (exact) mass is 547 g/mol. The molecule has 1 atom stereocenters. The van der Waals surface area contributed by atoms with Crippen molar-refractivity contribution < 1.29 is 22.4 Å². The van der Waals surface area contributed by atoms with Gasteiger partial charge in [-0.05, 0) is 48.8 Å². The maximum atomic E-state index is 13.1. The van der Waals surface area contributed by atoms with Crippen LogP contribution in [0.4, 0.5) is 34.9 Å². The van der Waals surface area contributed by atoms with Crippen molar-refractivity contribution in [3.8, 4) is 0 Å². The Morgan fingerprint density at radius 1 is 1.05 bits per heavy atom. The first-order valence-corrected chi connectivity index (χ1v) is 13.2. The molecule has 3 aromatic rings. The van der Waals surface area contributed by atoms with E-state index in [-0.39, 0.29) is 22.5 Å². The Labute approximate surface area is 218 Å². The number of halogens is 4. The Kier molecular flexibility index (Phi) is 7.99. The second kappa shape index (κ2) is 11.6. The van der Waals surface area contributed by atoms with E-state index in [9.17, 15) is 22.4 Å². The van der Waals surface area contributed by atoms with Gasteiger partial charge in [0.1, 0.15) is 5.69 Å². The number of nitrogens with zero attached hydrogens (tertiary/aromatic N) is 5. The lowest BCUT2D eigenvalue weighted by Crippen LogP contribution is -2.43. The number of aromatic nitrogens is 3. The standard InChI is InChI=1S/C25H26F4N7OP/c26-22(27)11-15-9-16-13-36(14-17(16)10-21(15)38-24(28)29)25-32-4-1-18(34-25)23(37)33-19-12-31-3-2-20(19)35-7-5-30-6-8-35/h1-4,9-10,12,22,24,30,38H,5-8,11,13-14H2,(H,33,37). The highest BCUT2D eigenvalue weighted by atomic mass is 31.1. The molecule has 5 rings (SSSR count). The molecule has 2 aliphatic rings. The van der Waals surface area contributed by atoms with Gasteiger partial charge in [0.05, 0.1) is 17.6 Å². The highest BCUT2D eigenvalue weighted by Gasteiger charge is 2.26. The highest BCUT2D eigenvalue weighted by Crippen LogP contribution is 2.31. The molecular weight excluding hydrogens is 521 g/mol. The summed E-state index contributed by atoms with van der Waals surface area (Å²) in [4.78, 5) is 30.0. The quantitative estimate of drug-likeness (QED) is 0.330. The van der Waals surface area contributed by atoms with E-state index < -0.39 is 33.5 Å². The van der Waals surface area contributed by atoms with Crippen molar-refractivity contribution in [1.82, 2.24) is 20.3 Å². The normalized spacial score (nSPS) is 15.6. The van der Waals surface area contributed by atoms with Crippen LogP contribution in [0.15, 0.2) is 42.9 Å². The number of rotatable bonds is 8. The number of nitrogens with one attached hydrogen (secondary N) is 2. The van der Waals surface area contributed by atoms with Crippen LogP contribution in [0.1, 0.15) is 27.2 Å². The number of carbonyl (C=O) groups is 1. The van der Waals surface area contributed by atoms with Gasteiger partial charge in [-0.2, -0.15) is 0 Å². The maximum Gasteiger partial charge on any atom is 0.274 e. The average molecular weight is 547 g/mol. The second-order valence-electron chi connectivity index (χ2n) is 9.00. The van der Waals surface area contributed by atoms with Gasteiger partial charge in [0.2, 0.25) is 12.4 Å². The van der Waals surface area contributed by atoms with Crippen LogP contribution in [0, 0.1) is 0 Å². The lowest BCUT2D eigenvalue weighted by atomic mass is 10.0. The first-order chi connectivity index (χ1) is 18.4. The third-order valence-corrected chi connectivity index (χ3v) is 7.44. The zero-order chi connectivity index (χ0) is 26.6. The molecule has 2 aromatic heterocycles. The van der Waals surface area contributed by atoms with Crippen LogP contribution in [0.5, 0.6) is 0 Å². The Morgan fingerprint density at radius 2 is 1.82 bits per heavy atom. The Morgan fingerprint density at radius 3 is 2.55 bits per heavy atom. The van der Waals surface area contributed by atoms with Gasteiger partial charge in [-0.25, -0.2) is 27.5 Å². The smallest absolute Gasteiger partial charge is 0.274 e. The number of hydrogen-bond donors (Lipinski definition) is 2. The van der Waals surface area contributed by atoms with Gasteiger partial charge in [0, 0.05) is 58.1 Å². The van der Waals surface area contributed by atoms with Crippen LogP contribution in [0.3, 0.4) is 0 Å². The number of hydrogen-bond acceptors (Lipinski definition) is 7. The Bertz CT molecular complexity index is 1270. The fraction of sp³-hybridized carbons (Fsp3) is 0.360. The minimum Gasteiger partial charge on any atom is -0.367 e. The molecule has 1 unspecified atom stereocenters. The second-order valence-corrected chi connectivity index (χ2v) is 10.3. The molecule has 0 radical (unpaired) electrons. The van der Waals surface area contributed by atoms with Crippen LogP contribution in [0.2, 0.25) is 0 Å². The number of benzene rings is 1. The minimum atomic E-state index is -2.63. The van der Waals surface area contributed by atoms with Crippen molar-refractivity contribution >= 4 is 37.1 Å². The third-order valence-electron chi connectivity index (χ3n) is 6.45. The predicted octanol–water partition coefficient (Wildman–Crippen LogP) is 3.39. The summed E-state index contributed by atoms with van der Waals surface area (Å²) in [5.74, 6) is -0.134. The van der Waals surface area contributed by atoms with Gasteiger partial charge in [0.15, 0.2) is 0 Å². The van der Waals surface area contributed by atoms with E-state index in [1.807, 2.05) is 6.07 Å². The molecule has 2 N–H and O–H groups in total. The molecule has 1 aromatic carbocycles. The molecule has 0 aliphatic carbocycles. The van der Waals surface area contributed by atoms with E-state index in [4.69, 9.17) is 0 Å². The molecule has 0 spiro atoms. The minimum absolute atomic E-state index is 0.152. The topological polar surface area (TPSA) is 86.3 Å². The number of pyridine rings is 1. The van der Waals surface area contributed by atoms with E-state index in [0.717, 1.165) is 43.0 Å². The molecule has 1 amide bonds.